The summed E-state index contributed by atoms with van der Waals surface area (Å²) in [5, 5.41) is 3.53. The summed E-state index contributed by atoms with van der Waals surface area (Å²) in [6, 6.07) is 8.94. The lowest BCUT2D eigenvalue weighted by molar-refractivity contribution is -0.143. The van der Waals surface area contributed by atoms with Gasteiger partial charge in [-0.25, -0.2) is 0 Å². The van der Waals surface area contributed by atoms with Crippen LogP contribution in [0, 0.1) is 0 Å². The quantitative estimate of drug-likeness (QED) is 0.917. The molecule has 110 valence electrons. The van der Waals surface area contributed by atoms with Crippen LogP contribution in [0.5, 0.6) is 0 Å². The molecule has 0 unspecified atom stereocenters. The molecule has 1 saturated heterocycles. The molecule has 0 spiro atoms. The van der Waals surface area contributed by atoms with Crippen LogP contribution in [0.25, 0.3) is 0 Å². The molecule has 1 fully saturated rings. The lowest BCUT2D eigenvalue weighted by Gasteiger charge is -2.20. The fraction of sp³-hybridized carbons (Fsp3) is 0.600. The predicted octanol–water partition coefficient (Wildman–Crippen LogP) is 2.38. The van der Waals surface area contributed by atoms with Crippen molar-refractivity contribution in [3.63, 3.8) is 0 Å². The Kier molecular flexibility index (Phi) is 3.73. The van der Waals surface area contributed by atoms with Crippen LogP contribution in [0.2, 0.25) is 0 Å². The SMILES string of the molecule is FC(F)(F)CN1CC[C@@H](NC2Cc3ccccc3C2)C1. The molecular formula is C15H19F3N2. The van der Waals surface area contributed by atoms with Crippen molar-refractivity contribution in [1.82, 2.24) is 10.2 Å². The molecule has 1 heterocycles. The molecule has 2 nitrogen and oxygen atoms in total. The van der Waals surface area contributed by atoms with E-state index in [0.717, 1.165) is 19.3 Å². The number of nitrogens with zero attached hydrogens (tertiary/aromatic N) is 1. The largest absolute Gasteiger partial charge is 0.401 e. The maximum Gasteiger partial charge on any atom is 0.401 e. The number of hydrogen-bond acceptors (Lipinski definition) is 2. The second kappa shape index (κ2) is 5.37. The third-order valence-electron chi connectivity index (χ3n) is 4.20. The first-order chi connectivity index (χ1) is 9.49. The number of benzene rings is 1. The molecule has 1 N–H and O–H groups in total. The molecule has 20 heavy (non-hydrogen) atoms. The fourth-order valence-corrected chi connectivity index (χ4v) is 3.38. The average Bonchev–Trinajstić information content (AvgIpc) is 2.93. The molecule has 0 radical (unpaired) electrons. The minimum absolute atomic E-state index is 0.191. The highest BCUT2D eigenvalue weighted by Crippen LogP contribution is 2.24. The van der Waals surface area contributed by atoms with Gasteiger partial charge in [0.1, 0.15) is 0 Å². The van der Waals surface area contributed by atoms with Crippen LogP contribution in [0.1, 0.15) is 17.5 Å². The zero-order chi connectivity index (χ0) is 14.2. The number of halogens is 3. The molecule has 0 amide bonds. The molecule has 0 bridgehead atoms. The van der Waals surface area contributed by atoms with Crippen LogP contribution in [0.4, 0.5) is 13.2 Å². The molecule has 1 aliphatic carbocycles. The number of likely N-dealkylation sites (tertiary alicyclic amines) is 1. The number of fused-ring (bicyclic) bond motifs is 1. The summed E-state index contributed by atoms with van der Waals surface area (Å²) < 4.78 is 37.1. The van der Waals surface area contributed by atoms with Gasteiger partial charge < -0.3 is 5.32 Å². The van der Waals surface area contributed by atoms with Crippen LogP contribution < -0.4 is 5.32 Å². The molecular weight excluding hydrogens is 265 g/mol. The van der Waals surface area contributed by atoms with Crippen LogP contribution in [-0.2, 0) is 12.8 Å². The van der Waals surface area contributed by atoms with E-state index in [9.17, 15) is 13.2 Å². The van der Waals surface area contributed by atoms with Crippen molar-refractivity contribution in [3.05, 3.63) is 35.4 Å². The standard InChI is InChI=1S/C15H19F3N2/c16-15(17,18)10-20-6-5-13(9-20)19-14-7-11-3-1-2-4-12(11)8-14/h1-4,13-14,19H,5-10H2/t13-/m1/s1. The van der Waals surface area contributed by atoms with Gasteiger partial charge in [0.15, 0.2) is 0 Å². The summed E-state index contributed by atoms with van der Waals surface area (Å²) in [4.78, 5) is 1.50. The second-order valence-corrected chi connectivity index (χ2v) is 5.88. The lowest BCUT2D eigenvalue weighted by Crippen LogP contribution is -2.41. The molecule has 5 heteroatoms. The Morgan fingerprint density at radius 1 is 1.10 bits per heavy atom. The fourth-order valence-electron chi connectivity index (χ4n) is 3.38. The minimum Gasteiger partial charge on any atom is -0.309 e. The van der Waals surface area contributed by atoms with E-state index in [4.69, 9.17) is 0 Å². The van der Waals surface area contributed by atoms with Crippen LogP contribution in [0.15, 0.2) is 24.3 Å². The van der Waals surface area contributed by atoms with Gasteiger partial charge in [-0.2, -0.15) is 13.2 Å². The molecule has 1 aromatic rings. The smallest absolute Gasteiger partial charge is 0.309 e. The molecule has 1 aliphatic heterocycles. The van der Waals surface area contributed by atoms with Gasteiger partial charge in [0.25, 0.3) is 0 Å². The first-order valence-electron chi connectivity index (χ1n) is 7.11. The van der Waals surface area contributed by atoms with Gasteiger partial charge in [0, 0.05) is 25.2 Å². The van der Waals surface area contributed by atoms with E-state index in [1.807, 2.05) is 12.1 Å². The normalized spacial score (nSPS) is 24.2. The topological polar surface area (TPSA) is 15.3 Å². The van der Waals surface area contributed by atoms with Gasteiger partial charge in [-0.1, -0.05) is 24.3 Å². The summed E-state index contributed by atoms with van der Waals surface area (Å²) in [5.41, 5.74) is 2.74. The lowest BCUT2D eigenvalue weighted by atomic mass is 10.1. The van der Waals surface area contributed by atoms with Crippen molar-refractivity contribution in [2.45, 2.75) is 37.5 Å². The molecule has 0 aromatic heterocycles. The maximum atomic E-state index is 12.4. The van der Waals surface area contributed by atoms with Crippen LogP contribution >= 0.6 is 0 Å². The Balaban J connectivity index is 1.49. The highest BCUT2D eigenvalue weighted by Gasteiger charge is 2.35. The zero-order valence-electron chi connectivity index (χ0n) is 11.3. The van der Waals surface area contributed by atoms with Crippen LogP contribution in [0.3, 0.4) is 0 Å². The Morgan fingerprint density at radius 2 is 1.75 bits per heavy atom. The number of rotatable bonds is 3. The summed E-state index contributed by atoms with van der Waals surface area (Å²) >= 11 is 0. The number of hydrogen-bond donors (Lipinski definition) is 1. The minimum atomic E-state index is -4.08. The van der Waals surface area contributed by atoms with E-state index >= 15 is 0 Å². The molecule has 1 atom stereocenters. The molecule has 2 aliphatic rings. The summed E-state index contributed by atoms with van der Waals surface area (Å²) in [7, 11) is 0. The highest BCUT2D eigenvalue weighted by atomic mass is 19.4. The van der Waals surface area contributed by atoms with E-state index in [1.54, 1.807) is 0 Å². The van der Waals surface area contributed by atoms with Gasteiger partial charge in [-0.3, -0.25) is 4.90 Å². The molecule has 0 saturated carbocycles. The van der Waals surface area contributed by atoms with E-state index in [0.29, 0.717) is 19.1 Å². The third-order valence-corrected chi connectivity index (χ3v) is 4.20. The monoisotopic (exact) mass is 284 g/mol. The van der Waals surface area contributed by atoms with Crippen molar-refractivity contribution in [2.24, 2.45) is 0 Å². The van der Waals surface area contributed by atoms with E-state index in [2.05, 4.69) is 17.4 Å². The second-order valence-electron chi connectivity index (χ2n) is 5.88. The Bertz CT molecular complexity index is 447. The Labute approximate surface area is 117 Å². The van der Waals surface area contributed by atoms with Crippen molar-refractivity contribution in [2.75, 3.05) is 19.6 Å². The summed E-state index contributed by atoms with van der Waals surface area (Å²) in [6.45, 7) is 0.263. The van der Waals surface area contributed by atoms with Crippen molar-refractivity contribution >= 4 is 0 Å². The van der Waals surface area contributed by atoms with Gasteiger partial charge in [-0.05, 0) is 30.4 Å². The summed E-state index contributed by atoms with van der Waals surface area (Å²) in [5.74, 6) is 0. The van der Waals surface area contributed by atoms with Crippen molar-refractivity contribution < 1.29 is 13.2 Å². The van der Waals surface area contributed by atoms with E-state index < -0.39 is 12.7 Å². The van der Waals surface area contributed by atoms with Gasteiger partial charge in [-0.15, -0.1) is 0 Å². The van der Waals surface area contributed by atoms with Gasteiger partial charge >= 0.3 is 6.18 Å². The maximum absolute atomic E-state index is 12.4. The van der Waals surface area contributed by atoms with Gasteiger partial charge in [0.2, 0.25) is 0 Å². The Hall–Kier alpha value is -1.07. The number of alkyl halides is 3. The zero-order valence-corrected chi connectivity index (χ0v) is 11.3. The third kappa shape index (κ3) is 3.33. The van der Waals surface area contributed by atoms with E-state index in [-0.39, 0.29) is 6.04 Å². The van der Waals surface area contributed by atoms with Crippen LogP contribution in [-0.4, -0.2) is 42.8 Å². The first-order valence-corrected chi connectivity index (χ1v) is 7.11. The van der Waals surface area contributed by atoms with Crippen molar-refractivity contribution in [1.29, 1.82) is 0 Å². The average molecular weight is 284 g/mol. The summed E-state index contributed by atoms with van der Waals surface area (Å²) in [6.07, 6.45) is -1.29. The molecule has 3 rings (SSSR count). The number of nitrogens with one attached hydrogen (secondary N) is 1. The Morgan fingerprint density at radius 3 is 2.35 bits per heavy atom. The predicted molar refractivity (Wildman–Crippen MR) is 71.7 cm³/mol. The molecule has 1 aromatic carbocycles. The first kappa shape index (κ1) is 13.9. The highest BCUT2D eigenvalue weighted by molar-refractivity contribution is 5.33. The van der Waals surface area contributed by atoms with Gasteiger partial charge in [0.05, 0.1) is 6.54 Å². The van der Waals surface area contributed by atoms with Crippen molar-refractivity contribution in [3.8, 4) is 0 Å². The van der Waals surface area contributed by atoms with E-state index in [1.165, 1.54) is 16.0 Å².